The van der Waals surface area contributed by atoms with Crippen LogP contribution >= 0.6 is 0 Å². The molecular weight excluding hydrogens is 683 g/mol. The van der Waals surface area contributed by atoms with Gasteiger partial charge in [0.2, 0.25) is 5.91 Å². The fourth-order valence-corrected chi connectivity index (χ4v) is 7.61. The molecule has 0 aliphatic heterocycles. The van der Waals surface area contributed by atoms with Crippen molar-refractivity contribution < 1.29 is 24.5 Å². The van der Waals surface area contributed by atoms with Crippen molar-refractivity contribution in [3.05, 3.63) is 12.2 Å². The van der Waals surface area contributed by atoms with Gasteiger partial charge in [-0.05, 0) is 44.9 Å². The maximum absolute atomic E-state index is 13.1. The van der Waals surface area contributed by atoms with Gasteiger partial charge in [0, 0.05) is 6.42 Å². The number of allylic oxidation sites excluding steroid dienone is 2. The molecule has 0 fully saturated rings. The second-order valence-electron chi connectivity index (χ2n) is 16.9. The summed E-state index contributed by atoms with van der Waals surface area (Å²) in [5.41, 5.74) is 0. The summed E-state index contributed by atoms with van der Waals surface area (Å²) in [7, 11) is 0. The molecule has 326 valence electrons. The van der Waals surface area contributed by atoms with Crippen molar-refractivity contribution in [1.29, 1.82) is 0 Å². The average Bonchev–Trinajstić information content (AvgIpc) is 3.18. The predicted octanol–water partition coefficient (Wildman–Crippen LogP) is 14.2. The van der Waals surface area contributed by atoms with Crippen LogP contribution in [0.5, 0.6) is 0 Å². The molecule has 3 N–H and O–H groups in total. The molecule has 0 aromatic heterocycles. The van der Waals surface area contributed by atoms with Crippen LogP contribution in [0, 0.1) is 0 Å². The highest BCUT2D eigenvalue weighted by Gasteiger charge is 2.24. The third-order valence-corrected chi connectivity index (χ3v) is 11.3. The predicted molar refractivity (Wildman–Crippen MR) is 237 cm³/mol. The van der Waals surface area contributed by atoms with E-state index < -0.39 is 18.2 Å². The zero-order valence-corrected chi connectivity index (χ0v) is 37.1. The van der Waals surface area contributed by atoms with Gasteiger partial charge in [-0.25, -0.2) is 0 Å². The molecule has 0 aliphatic rings. The summed E-state index contributed by atoms with van der Waals surface area (Å²) in [6.45, 7) is 6.43. The summed E-state index contributed by atoms with van der Waals surface area (Å²) in [6, 6.07) is -0.695. The molecular formula is C49H95NO5. The van der Waals surface area contributed by atoms with Crippen LogP contribution in [-0.2, 0) is 14.3 Å². The summed E-state index contributed by atoms with van der Waals surface area (Å²) in [4.78, 5) is 26.0. The van der Waals surface area contributed by atoms with Crippen LogP contribution in [0.1, 0.15) is 265 Å². The second-order valence-corrected chi connectivity index (χ2v) is 16.9. The lowest BCUT2D eigenvalue weighted by molar-refractivity contribution is -0.151. The van der Waals surface area contributed by atoms with Gasteiger partial charge in [-0.3, -0.25) is 9.59 Å². The lowest BCUT2D eigenvalue weighted by atomic mass is 10.0. The Kier molecular flexibility index (Phi) is 42.6. The van der Waals surface area contributed by atoms with Gasteiger partial charge in [0.1, 0.15) is 6.10 Å². The first-order chi connectivity index (χ1) is 27.0. The number of carbonyl (C=O) groups excluding carboxylic acids is 2. The molecule has 1 amide bonds. The highest BCUT2D eigenvalue weighted by atomic mass is 16.5. The monoisotopic (exact) mass is 778 g/mol. The van der Waals surface area contributed by atoms with E-state index in [1.54, 1.807) is 0 Å². The van der Waals surface area contributed by atoms with Gasteiger partial charge in [0.15, 0.2) is 0 Å². The van der Waals surface area contributed by atoms with Crippen LogP contribution in [0.4, 0.5) is 0 Å². The zero-order chi connectivity index (χ0) is 40.3. The van der Waals surface area contributed by atoms with Gasteiger partial charge in [0.25, 0.3) is 0 Å². The molecule has 6 nitrogen and oxygen atoms in total. The Morgan fingerprint density at radius 1 is 0.509 bits per heavy atom. The van der Waals surface area contributed by atoms with Crippen molar-refractivity contribution in [1.82, 2.24) is 5.32 Å². The number of nitrogens with one attached hydrogen (secondary N) is 1. The molecule has 55 heavy (non-hydrogen) atoms. The molecule has 3 unspecified atom stereocenters. The number of aliphatic hydroxyl groups is 2. The van der Waals surface area contributed by atoms with Crippen LogP contribution in [0.25, 0.3) is 0 Å². The van der Waals surface area contributed by atoms with Gasteiger partial charge >= 0.3 is 5.97 Å². The van der Waals surface area contributed by atoms with E-state index in [9.17, 15) is 19.8 Å². The van der Waals surface area contributed by atoms with Crippen LogP contribution in [0.3, 0.4) is 0 Å². The van der Waals surface area contributed by atoms with E-state index in [4.69, 9.17) is 4.74 Å². The fourth-order valence-electron chi connectivity index (χ4n) is 7.61. The average molecular weight is 778 g/mol. The summed E-state index contributed by atoms with van der Waals surface area (Å²) in [6.07, 6.45) is 47.0. The summed E-state index contributed by atoms with van der Waals surface area (Å²) in [5.74, 6) is -0.473. The minimum atomic E-state index is -0.782. The van der Waals surface area contributed by atoms with Crippen molar-refractivity contribution in [2.24, 2.45) is 0 Å². The molecule has 0 rings (SSSR count). The molecule has 0 aromatic rings. The highest BCUT2D eigenvalue weighted by molar-refractivity contribution is 5.77. The summed E-state index contributed by atoms with van der Waals surface area (Å²) >= 11 is 0. The Morgan fingerprint density at radius 2 is 0.909 bits per heavy atom. The number of esters is 1. The lowest BCUT2D eigenvalue weighted by Gasteiger charge is -2.24. The molecule has 3 atom stereocenters. The third kappa shape index (κ3) is 39.2. The Labute approximate surface area is 342 Å². The molecule has 0 aliphatic carbocycles. The number of amides is 1. The second kappa shape index (κ2) is 43.7. The van der Waals surface area contributed by atoms with Gasteiger partial charge in [0.05, 0.1) is 25.2 Å². The number of carbonyl (C=O) groups is 2. The molecule has 6 heteroatoms. The normalized spacial score (nSPS) is 13.3. The number of ether oxygens (including phenoxy) is 1. The highest BCUT2D eigenvalue weighted by Crippen LogP contribution is 2.18. The first-order valence-electron chi connectivity index (χ1n) is 24.4. The standard InChI is InChI=1S/C49H95NO5/c1-4-7-10-13-16-19-22-24-25-27-29-32-35-38-41-47(52)46(44-51)50-48(53)43-45(40-37-34-31-28-26-23-20-17-14-11-8-5-2)55-49(54)42-39-36-33-30-21-18-15-12-9-6-3/h12,15,45-47,51-52H,4-11,13-14,16-44H2,1-3H3,(H,50,53)/b15-12-. The third-order valence-electron chi connectivity index (χ3n) is 11.3. The molecule has 0 heterocycles. The van der Waals surface area contributed by atoms with E-state index in [2.05, 4.69) is 38.2 Å². The van der Waals surface area contributed by atoms with Crippen LogP contribution in [-0.4, -0.2) is 46.9 Å². The number of unbranched alkanes of at least 4 members (excludes halogenated alkanes) is 30. The quantitative estimate of drug-likeness (QED) is 0.0325. The minimum absolute atomic E-state index is 0.0808. The summed E-state index contributed by atoms with van der Waals surface area (Å²) < 4.78 is 5.90. The molecule has 0 spiro atoms. The first-order valence-corrected chi connectivity index (χ1v) is 24.4. The topological polar surface area (TPSA) is 95.9 Å². The van der Waals surface area contributed by atoms with Crippen molar-refractivity contribution in [3.63, 3.8) is 0 Å². The molecule has 0 saturated carbocycles. The van der Waals surface area contributed by atoms with E-state index >= 15 is 0 Å². The lowest BCUT2D eigenvalue weighted by Crippen LogP contribution is -2.46. The van der Waals surface area contributed by atoms with Gasteiger partial charge in [-0.2, -0.15) is 0 Å². The molecule has 0 bridgehead atoms. The fraction of sp³-hybridized carbons (Fsp3) is 0.918. The van der Waals surface area contributed by atoms with Crippen LogP contribution < -0.4 is 5.32 Å². The van der Waals surface area contributed by atoms with E-state index in [0.717, 1.165) is 57.8 Å². The van der Waals surface area contributed by atoms with Crippen molar-refractivity contribution in [3.8, 4) is 0 Å². The number of hydrogen-bond donors (Lipinski definition) is 3. The SMILES string of the molecule is CCC/C=C\CCCCCCCC(=O)OC(CCCCCCCCCCCCCC)CC(=O)NC(CO)C(O)CCCCCCCCCCCCCCCC. The van der Waals surface area contributed by atoms with E-state index in [1.165, 1.54) is 161 Å². The van der Waals surface area contributed by atoms with Crippen molar-refractivity contribution in [2.75, 3.05) is 6.61 Å². The van der Waals surface area contributed by atoms with Crippen molar-refractivity contribution in [2.45, 2.75) is 283 Å². The Hall–Kier alpha value is -1.40. The maximum atomic E-state index is 13.1. The zero-order valence-electron chi connectivity index (χ0n) is 37.1. The number of rotatable bonds is 44. The van der Waals surface area contributed by atoms with Crippen molar-refractivity contribution >= 4 is 11.9 Å². The smallest absolute Gasteiger partial charge is 0.306 e. The van der Waals surface area contributed by atoms with E-state index in [0.29, 0.717) is 19.3 Å². The van der Waals surface area contributed by atoms with E-state index in [-0.39, 0.29) is 24.9 Å². The summed E-state index contributed by atoms with van der Waals surface area (Å²) in [5, 5.41) is 23.7. The first kappa shape index (κ1) is 53.6. The van der Waals surface area contributed by atoms with Gasteiger partial charge in [-0.15, -0.1) is 0 Å². The van der Waals surface area contributed by atoms with Gasteiger partial charge in [-0.1, -0.05) is 219 Å². The minimum Gasteiger partial charge on any atom is -0.462 e. The maximum Gasteiger partial charge on any atom is 0.306 e. The van der Waals surface area contributed by atoms with Crippen LogP contribution in [0.15, 0.2) is 12.2 Å². The number of aliphatic hydroxyl groups excluding tert-OH is 2. The number of hydrogen-bond acceptors (Lipinski definition) is 5. The molecule has 0 saturated heterocycles. The Morgan fingerprint density at radius 3 is 1.36 bits per heavy atom. The Bertz CT molecular complexity index is 832. The Balaban J connectivity index is 4.50. The van der Waals surface area contributed by atoms with Gasteiger partial charge < -0.3 is 20.3 Å². The van der Waals surface area contributed by atoms with Crippen LogP contribution in [0.2, 0.25) is 0 Å². The molecule has 0 radical (unpaired) electrons. The largest absolute Gasteiger partial charge is 0.462 e. The van der Waals surface area contributed by atoms with E-state index in [1.807, 2.05) is 0 Å². The molecule has 0 aromatic carbocycles.